The third-order valence-electron chi connectivity index (χ3n) is 6.99. The van der Waals surface area contributed by atoms with E-state index in [-0.39, 0.29) is 23.9 Å². The largest absolute Gasteiger partial charge is 0.393 e. The molecule has 3 aliphatic carbocycles. The van der Waals surface area contributed by atoms with Crippen molar-refractivity contribution in [3.05, 3.63) is 34.9 Å². The number of methoxy groups -OCH3 is 2. The maximum Gasteiger partial charge on any atom is 0.148 e. The molecule has 0 aliphatic heterocycles. The molecule has 5 heteroatoms. The average Bonchev–Trinajstić information content (AvgIpc) is 3.35. The molecule has 28 heavy (non-hydrogen) atoms. The van der Waals surface area contributed by atoms with Crippen LogP contribution in [0, 0.1) is 17.8 Å². The minimum atomic E-state index is -0.848. The van der Waals surface area contributed by atoms with E-state index in [0.717, 1.165) is 25.5 Å². The summed E-state index contributed by atoms with van der Waals surface area (Å²) in [4.78, 5) is 11.8. The summed E-state index contributed by atoms with van der Waals surface area (Å²) < 4.78 is 11.2. The summed E-state index contributed by atoms with van der Waals surface area (Å²) in [5.74, 6) is -0.235. The molecule has 0 aromatic carbocycles. The predicted molar refractivity (Wildman–Crippen MR) is 108 cm³/mol. The van der Waals surface area contributed by atoms with E-state index in [9.17, 15) is 15.0 Å². The molecule has 2 N–H and O–H groups in total. The zero-order valence-electron chi connectivity index (χ0n) is 17.4. The van der Waals surface area contributed by atoms with Gasteiger partial charge in [-0.15, -0.1) is 0 Å². The molecule has 2 fully saturated rings. The third kappa shape index (κ3) is 3.78. The highest BCUT2D eigenvalue weighted by Crippen LogP contribution is 2.62. The lowest BCUT2D eigenvalue weighted by Crippen LogP contribution is -2.36. The lowest BCUT2D eigenvalue weighted by molar-refractivity contribution is -0.106. The fourth-order valence-electron chi connectivity index (χ4n) is 5.33. The number of aldehydes is 1. The number of allylic oxidation sites excluding steroid dienone is 3. The van der Waals surface area contributed by atoms with Gasteiger partial charge in [-0.1, -0.05) is 37.1 Å². The zero-order valence-corrected chi connectivity index (χ0v) is 17.4. The molecule has 0 bridgehead atoms. The molecule has 0 saturated heterocycles. The Morgan fingerprint density at radius 3 is 2.75 bits per heavy atom. The highest BCUT2D eigenvalue weighted by Gasteiger charge is 2.70. The van der Waals surface area contributed by atoms with Crippen LogP contribution in [0.5, 0.6) is 0 Å². The van der Waals surface area contributed by atoms with Gasteiger partial charge in [0.05, 0.1) is 23.9 Å². The van der Waals surface area contributed by atoms with Crippen molar-refractivity contribution in [1.82, 2.24) is 0 Å². The summed E-state index contributed by atoms with van der Waals surface area (Å²) in [6, 6.07) is 0. The Hall–Kier alpha value is -1.27. The van der Waals surface area contributed by atoms with Gasteiger partial charge in [0.25, 0.3) is 0 Å². The van der Waals surface area contributed by atoms with E-state index in [1.54, 1.807) is 14.2 Å². The fourth-order valence-corrected chi connectivity index (χ4v) is 5.33. The highest BCUT2D eigenvalue weighted by atomic mass is 16.5. The lowest BCUT2D eigenvalue weighted by atomic mass is 9.83. The van der Waals surface area contributed by atoms with Gasteiger partial charge in [-0.05, 0) is 31.8 Å². The van der Waals surface area contributed by atoms with Gasteiger partial charge in [0.2, 0.25) is 0 Å². The minimum Gasteiger partial charge on any atom is -0.393 e. The quantitative estimate of drug-likeness (QED) is 0.492. The summed E-state index contributed by atoms with van der Waals surface area (Å²) in [5.41, 5.74) is 2.51. The summed E-state index contributed by atoms with van der Waals surface area (Å²) >= 11 is 0. The second-order valence-electron chi connectivity index (χ2n) is 8.59. The molecule has 0 heterocycles. The van der Waals surface area contributed by atoms with E-state index in [4.69, 9.17) is 9.47 Å². The normalized spacial score (nSPS) is 38.9. The van der Waals surface area contributed by atoms with Gasteiger partial charge >= 0.3 is 0 Å². The third-order valence-corrected chi connectivity index (χ3v) is 6.99. The van der Waals surface area contributed by atoms with Crippen molar-refractivity contribution in [2.24, 2.45) is 17.8 Å². The Kier molecular flexibility index (Phi) is 6.60. The Morgan fingerprint density at radius 1 is 1.43 bits per heavy atom. The summed E-state index contributed by atoms with van der Waals surface area (Å²) in [5, 5.41) is 21.4. The molecule has 7 atom stereocenters. The van der Waals surface area contributed by atoms with Crippen LogP contribution >= 0.6 is 0 Å². The summed E-state index contributed by atoms with van der Waals surface area (Å²) in [6.45, 7) is 4.26. The number of ether oxygens (including phenoxy) is 2. The molecule has 5 nitrogen and oxygen atoms in total. The van der Waals surface area contributed by atoms with Crippen LogP contribution in [0.15, 0.2) is 34.9 Å². The van der Waals surface area contributed by atoms with Crippen molar-refractivity contribution in [3.63, 3.8) is 0 Å². The molecule has 5 unspecified atom stereocenters. The molecule has 2 saturated carbocycles. The van der Waals surface area contributed by atoms with Crippen molar-refractivity contribution in [3.8, 4) is 0 Å². The summed E-state index contributed by atoms with van der Waals surface area (Å²) in [7, 11) is 3.29. The number of rotatable bonds is 8. The number of carbonyl (C=O) groups excluding carboxylic acids is 1. The predicted octanol–water partition coefficient (Wildman–Crippen LogP) is 2.97. The van der Waals surface area contributed by atoms with Crippen molar-refractivity contribution in [2.75, 3.05) is 14.2 Å². The van der Waals surface area contributed by atoms with Crippen LogP contribution in [0.25, 0.3) is 0 Å². The Labute approximate surface area is 168 Å². The molecule has 156 valence electrons. The van der Waals surface area contributed by atoms with Crippen molar-refractivity contribution in [1.29, 1.82) is 0 Å². The standard InChI is InChI=1S/C23H34O5/c1-5-6-15-7-8-16(9-14(15)2)22(26)17(13-24)10-19-21-20(25)11-18(27-3)12-23(19,21)28-4/h7-8,10,13,16,18-22,25-26H,5-6,9,11-12H2,1-4H3/b17-10+/t16?,18?,19?,20?,21?,22-,23-/m1/s1. The van der Waals surface area contributed by atoms with Crippen LogP contribution in [0.1, 0.15) is 46.0 Å². The van der Waals surface area contributed by atoms with E-state index in [1.165, 1.54) is 11.1 Å². The first-order valence-electron chi connectivity index (χ1n) is 10.4. The number of aliphatic hydroxyl groups is 2. The van der Waals surface area contributed by atoms with Gasteiger partial charge in [-0.2, -0.15) is 0 Å². The minimum absolute atomic E-state index is 0.0502. The van der Waals surface area contributed by atoms with E-state index in [1.807, 2.05) is 12.2 Å². The maximum absolute atomic E-state index is 11.8. The van der Waals surface area contributed by atoms with Gasteiger partial charge in [0, 0.05) is 44.0 Å². The fraction of sp³-hybridized carbons (Fsp3) is 0.696. The van der Waals surface area contributed by atoms with E-state index >= 15 is 0 Å². The first kappa shape index (κ1) is 21.4. The lowest BCUT2D eigenvalue weighted by Gasteiger charge is -2.30. The van der Waals surface area contributed by atoms with Crippen LogP contribution in [0.4, 0.5) is 0 Å². The van der Waals surface area contributed by atoms with Gasteiger partial charge in [0.1, 0.15) is 6.29 Å². The molecule has 0 aromatic heterocycles. The van der Waals surface area contributed by atoms with Crippen LogP contribution in [0.3, 0.4) is 0 Å². The number of fused-ring (bicyclic) bond motifs is 1. The van der Waals surface area contributed by atoms with Crippen LogP contribution < -0.4 is 0 Å². The average molecular weight is 391 g/mol. The molecule has 0 radical (unpaired) electrons. The first-order valence-corrected chi connectivity index (χ1v) is 10.4. The monoisotopic (exact) mass is 390 g/mol. The smallest absolute Gasteiger partial charge is 0.148 e. The number of hydrogen-bond acceptors (Lipinski definition) is 5. The van der Waals surface area contributed by atoms with Crippen molar-refractivity contribution in [2.45, 2.75) is 69.9 Å². The van der Waals surface area contributed by atoms with Crippen LogP contribution in [-0.4, -0.2) is 54.6 Å². The van der Waals surface area contributed by atoms with Crippen molar-refractivity contribution < 1.29 is 24.5 Å². The molecular formula is C23H34O5. The molecular weight excluding hydrogens is 356 g/mol. The number of hydrogen-bond donors (Lipinski definition) is 2. The molecule has 0 aromatic rings. The van der Waals surface area contributed by atoms with Gasteiger partial charge in [-0.25, -0.2) is 0 Å². The number of aliphatic hydroxyl groups excluding tert-OH is 2. The molecule has 3 aliphatic rings. The Bertz CT molecular complexity index is 678. The SMILES string of the molecule is CCCC1=C(C)CC([C@@H](O)/C(C=O)=C/C2C3C(O)CC(OC)C[C@@]23OC)C=C1. The summed E-state index contributed by atoms with van der Waals surface area (Å²) in [6.07, 6.45) is 9.45. The second-order valence-corrected chi connectivity index (χ2v) is 8.59. The van der Waals surface area contributed by atoms with Gasteiger partial charge < -0.3 is 19.7 Å². The Morgan fingerprint density at radius 2 is 2.18 bits per heavy atom. The first-order chi connectivity index (χ1) is 13.4. The maximum atomic E-state index is 11.8. The van der Waals surface area contributed by atoms with Crippen LogP contribution in [-0.2, 0) is 14.3 Å². The molecule has 3 rings (SSSR count). The van der Waals surface area contributed by atoms with E-state index in [2.05, 4.69) is 19.9 Å². The Balaban J connectivity index is 1.76. The second kappa shape index (κ2) is 8.62. The molecule has 0 amide bonds. The zero-order chi connectivity index (χ0) is 20.5. The topological polar surface area (TPSA) is 76.0 Å². The van der Waals surface area contributed by atoms with Gasteiger partial charge in [-0.3, -0.25) is 4.79 Å². The van der Waals surface area contributed by atoms with Crippen molar-refractivity contribution >= 4 is 6.29 Å². The van der Waals surface area contributed by atoms with Gasteiger partial charge in [0.15, 0.2) is 0 Å². The highest BCUT2D eigenvalue weighted by molar-refractivity contribution is 5.75. The van der Waals surface area contributed by atoms with Crippen LogP contribution in [0.2, 0.25) is 0 Å². The van der Waals surface area contributed by atoms with E-state index in [0.29, 0.717) is 18.4 Å². The number of carbonyl (C=O) groups is 1. The van der Waals surface area contributed by atoms with E-state index < -0.39 is 17.8 Å². The molecule has 0 spiro atoms.